The summed E-state index contributed by atoms with van der Waals surface area (Å²) in [5.41, 5.74) is 2.77. The molecule has 0 bridgehead atoms. The predicted octanol–water partition coefficient (Wildman–Crippen LogP) is 3.91. The summed E-state index contributed by atoms with van der Waals surface area (Å²) in [6, 6.07) is 17.5. The summed E-state index contributed by atoms with van der Waals surface area (Å²) in [6.07, 6.45) is 2.60. The highest BCUT2D eigenvalue weighted by atomic mass is 16.2. The molecular formula is C23H27N3O2. The molecule has 2 fully saturated rings. The number of piperidine rings is 1. The Morgan fingerprint density at radius 2 is 1.68 bits per heavy atom. The van der Waals surface area contributed by atoms with Crippen molar-refractivity contribution in [3.05, 3.63) is 54.6 Å². The highest BCUT2D eigenvalue weighted by Gasteiger charge is 2.35. The normalized spacial score (nSPS) is 20.5. The van der Waals surface area contributed by atoms with E-state index in [-0.39, 0.29) is 24.2 Å². The van der Waals surface area contributed by atoms with Crippen LogP contribution < -0.4 is 15.1 Å². The molecule has 0 unspecified atom stereocenters. The van der Waals surface area contributed by atoms with Crippen molar-refractivity contribution < 1.29 is 9.59 Å². The monoisotopic (exact) mass is 377 g/mol. The highest BCUT2D eigenvalue weighted by Crippen LogP contribution is 2.31. The predicted molar refractivity (Wildman–Crippen MR) is 113 cm³/mol. The van der Waals surface area contributed by atoms with Crippen LogP contribution in [0.15, 0.2) is 54.6 Å². The third-order valence-electron chi connectivity index (χ3n) is 5.85. The third kappa shape index (κ3) is 3.88. The molecule has 2 heterocycles. The Hall–Kier alpha value is -2.82. The van der Waals surface area contributed by atoms with E-state index in [2.05, 4.69) is 23.2 Å². The largest absolute Gasteiger partial charge is 0.370 e. The third-order valence-corrected chi connectivity index (χ3v) is 5.85. The molecule has 2 aromatic carbocycles. The molecular weight excluding hydrogens is 350 g/mol. The van der Waals surface area contributed by atoms with Gasteiger partial charge in [0, 0.05) is 31.7 Å². The van der Waals surface area contributed by atoms with Crippen LogP contribution in [0, 0.1) is 11.8 Å². The van der Waals surface area contributed by atoms with Crippen molar-refractivity contribution in [3.63, 3.8) is 0 Å². The van der Waals surface area contributed by atoms with Gasteiger partial charge < -0.3 is 15.1 Å². The molecule has 5 heteroatoms. The second-order valence-electron chi connectivity index (χ2n) is 7.92. The van der Waals surface area contributed by atoms with Crippen LogP contribution in [0.3, 0.4) is 0 Å². The van der Waals surface area contributed by atoms with Crippen LogP contribution >= 0.6 is 0 Å². The number of hydrogen-bond acceptors (Lipinski definition) is 3. The van der Waals surface area contributed by atoms with Gasteiger partial charge in [-0.2, -0.15) is 0 Å². The lowest BCUT2D eigenvalue weighted by atomic mass is 9.98. The number of hydrogen-bond donors (Lipinski definition) is 1. The molecule has 0 aliphatic carbocycles. The summed E-state index contributed by atoms with van der Waals surface area (Å²) in [4.78, 5) is 29.4. The standard InChI is InChI=1S/C23H27N3O2/c1-17-11-13-25(14-12-17)21-10-6-5-9-20(21)24-23(28)18-15-22(27)26(16-18)19-7-3-2-4-8-19/h2-10,17-18H,11-16H2,1H3,(H,24,28)/t18-/m0/s1. The van der Waals surface area contributed by atoms with E-state index in [1.165, 1.54) is 12.8 Å². The number of carbonyl (C=O) groups excluding carboxylic acids is 2. The summed E-state index contributed by atoms with van der Waals surface area (Å²) in [5.74, 6) is 0.350. The first-order valence-electron chi connectivity index (χ1n) is 10.1. The second-order valence-corrected chi connectivity index (χ2v) is 7.92. The number of nitrogens with one attached hydrogen (secondary N) is 1. The van der Waals surface area contributed by atoms with Gasteiger partial charge in [0.2, 0.25) is 11.8 Å². The van der Waals surface area contributed by atoms with E-state index in [0.717, 1.165) is 36.1 Å². The van der Waals surface area contributed by atoms with E-state index in [1.807, 2.05) is 48.5 Å². The van der Waals surface area contributed by atoms with E-state index in [4.69, 9.17) is 0 Å². The van der Waals surface area contributed by atoms with Crippen LogP contribution in [0.5, 0.6) is 0 Å². The Labute approximate surface area is 166 Å². The van der Waals surface area contributed by atoms with Gasteiger partial charge in [0.05, 0.1) is 17.3 Å². The topological polar surface area (TPSA) is 52.7 Å². The van der Waals surface area contributed by atoms with Crippen molar-refractivity contribution in [2.45, 2.75) is 26.2 Å². The van der Waals surface area contributed by atoms with Crippen LogP contribution in [-0.4, -0.2) is 31.4 Å². The molecule has 2 saturated heterocycles. The van der Waals surface area contributed by atoms with Crippen LogP contribution in [0.2, 0.25) is 0 Å². The number of amides is 2. The minimum absolute atomic E-state index is 0.00431. The van der Waals surface area contributed by atoms with Gasteiger partial charge >= 0.3 is 0 Å². The maximum Gasteiger partial charge on any atom is 0.229 e. The molecule has 0 spiro atoms. The Morgan fingerprint density at radius 1 is 1.00 bits per heavy atom. The van der Waals surface area contributed by atoms with E-state index < -0.39 is 0 Å². The first-order chi connectivity index (χ1) is 13.6. The molecule has 28 heavy (non-hydrogen) atoms. The van der Waals surface area contributed by atoms with Crippen molar-refractivity contribution in [3.8, 4) is 0 Å². The summed E-state index contributed by atoms with van der Waals surface area (Å²) < 4.78 is 0. The van der Waals surface area contributed by atoms with E-state index in [9.17, 15) is 9.59 Å². The number of nitrogens with zero attached hydrogens (tertiary/aromatic N) is 2. The summed E-state index contributed by atoms with van der Waals surface area (Å²) in [7, 11) is 0. The van der Waals surface area contributed by atoms with Crippen molar-refractivity contribution >= 4 is 28.9 Å². The smallest absolute Gasteiger partial charge is 0.229 e. The van der Waals surface area contributed by atoms with Gasteiger partial charge in [0.15, 0.2) is 0 Å². The van der Waals surface area contributed by atoms with Crippen molar-refractivity contribution in [2.75, 3.05) is 34.8 Å². The van der Waals surface area contributed by atoms with Gasteiger partial charge in [-0.15, -0.1) is 0 Å². The van der Waals surface area contributed by atoms with E-state index >= 15 is 0 Å². The summed E-state index contributed by atoms with van der Waals surface area (Å²) in [6.45, 7) is 4.74. The maximum atomic E-state index is 12.9. The molecule has 2 aliphatic rings. The number of benzene rings is 2. The number of anilines is 3. The molecule has 5 nitrogen and oxygen atoms in total. The maximum absolute atomic E-state index is 12.9. The molecule has 0 saturated carbocycles. The molecule has 2 aliphatic heterocycles. The molecule has 1 atom stereocenters. The van der Waals surface area contributed by atoms with Gasteiger partial charge in [0.25, 0.3) is 0 Å². The molecule has 2 amide bonds. The van der Waals surface area contributed by atoms with Crippen molar-refractivity contribution in [1.82, 2.24) is 0 Å². The summed E-state index contributed by atoms with van der Waals surface area (Å²) >= 11 is 0. The molecule has 4 rings (SSSR count). The molecule has 2 aromatic rings. The fourth-order valence-electron chi connectivity index (χ4n) is 4.08. The van der Waals surface area contributed by atoms with Crippen LogP contribution in [0.4, 0.5) is 17.1 Å². The zero-order chi connectivity index (χ0) is 19.5. The first-order valence-corrected chi connectivity index (χ1v) is 10.1. The van der Waals surface area contributed by atoms with E-state index in [1.54, 1.807) is 4.90 Å². The number of para-hydroxylation sites is 3. The molecule has 146 valence electrons. The minimum atomic E-state index is -0.331. The molecule has 0 radical (unpaired) electrons. The van der Waals surface area contributed by atoms with Gasteiger partial charge in [-0.3, -0.25) is 9.59 Å². The highest BCUT2D eigenvalue weighted by molar-refractivity contribution is 6.04. The van der Waals surface area contributed by atoms with Crippen LogP contribution in [0.25, 0.3) is 0 Å². The zero-order valence-electron chi connectivity index (χ0n) is 16.3. The summed E-state index contributed by atoms with van der Waals surface area (Å²) in [5, 5.41) is 3.09. The molecule has 1 N–H and O–H groups in total. The Morgan fingerprint density at radius 3 is 2.43 bits per heavy atom. The van der Waals surface area contributed by atoms with Gasteiger partial charge in [0.1, 0.15) is 0 Å². The zero-order valence-corrected chi connectivity index (χ0v) is 16.3. The van der Waals surface area contributed by atoms with Crippen LogP contribution in [0.1, 0.15) is 26.2 Å². The quantitative estimate of drug-likeness (QED) is 0.879. The Kier molecular flexibility index (Phi) is 5.33. The van der Waals surface area contributed by atoms with Crippen molar-refractivity contribution in [2.24, 2.45) is 11.8 Å². The average Bonchev–Trinajstić information content (AvgIpc) is 3.12. The SMILES string of the molecule is CC1CCN(c2ccccc2NC(=O)[C@H]2CC(=O)N(c3ccccc3)C2)CC1. The lowest BCUT2D eigenvalue weighted by Crippen LogP contribution is -2.34. The lowest BCUT2D eigenvalue weighted by Gasteiger charge is -2.33. The fraction of sp³-hybridized carbons (Fsp3) is 0.391. The van der Waals surface area contributed by atoms with Gasteiger partial charge in [-0.25, -0.2) is 0 Å². The van der Waals surface area contributed by atoms with E-state index in [0.29, 0.717) is 6.54 Å². The van der Waals surface area contributed by atoms with Gasteiger partial charge in [-0.1, -0.05) is 37.3 Å². The van der Waals surface area contributed by atoms with Crippen molar-refractivity contribution in [1.29, 1.82) is 0 Å². The number of carbonyl (C=O) groups is 2. The Balaban J connectivity index is 1.45. The molecule has 0 aromatic heterocycles. The van der Waals surface area contributed by atoms with Gasteiger partial charge in [-0.05, 0) is 43.0 Å². The van der Waals surface area contributed by atoms with Crippen LogP contribution in [-0.2, 0) is 9.59 Å². The Bertz CT molecular complexity index is 844. The lowest BCUT2D eigenvalue weighted by molar-refractivity contribution is -0.122. The first kappa shape index (κ1) is 18.5. The number of rotatable bonds is 4. The second kappa shape index (κ2) is 8.05. The fourth-order valence-corrected chi connectivity index (χ4v) is 4.08. The average molecular weight is 377 g/mol. The minimum Gasteiger partial charge on any atom is -0.370 e.